The first-order chi connectivity index (χ1) is 16.2. The summed E-state index contributed by atoms with van der Waals surface area (Å²) in [5.74, 6) is 0.458. The SMILES string of the molecule is CN(c1ccccc1)c1nc(C(=O)NC[C@@H]2CCCN(C/C3=C/CCCCCCC3)C2)cs1. The number of hydrogen-bond acceptors (Lipinski definition) is 5. The van der Waals surface area contributed by atoms with Gasteiger partial charge in [-0.15, -0.1) is 11.3 Å². The van der Waals surface area contributed by atoms with Gasteiger partial charge in [0.15, 0.2) is 5.13 Å². The van der Waals surface area contributed by atoms with Gasteiger partial charge in [-0.2, -0.15) is 0 Å². The molecule has 1 atom stereocenters. The molecular weight excluding hydrogens is 428 g/mol. The number of benzene rings is 1. The quantitative estimate of drug-likeness (QED) is 0.507. The molecule has 1 N–H and O–H groups in total. The fraction of sp³-hybridized carbons (Fsp3) is 0.556. The number of carbonyl (C=O) groups is 1. The predicted molar refractivity (Wildman–Crippen MR) is 139 cm³/mol. The van der Waals surface area contributed by atoms with Crippen LogP contribution in [0.25, 0.3) is 0 Å². The normalized spacial score (nSPS) is 21.8. The molecule has 1 amide bonds. The summed E-state index contributed by atoms with van der Waals surface area (Å²) in [6, 6.07) is 10.1. The highest BCUT2D eigenvalue weighted by molar-refractivity contribution is 7.14. The molecule has 5 nitrogen and oxygen atoms in total. The molecule has 2 aromatic rings. The van der Waals surface area contributed by atoms with Crippen molar-refractivity contribution in [3.63, 3.8) is 0 Å². The number of allylic oxidation sites excluding steroid dienone is 1. The molecule has 1 aliphatic heterocycles. The van der Waals surface area contributed by atoms with Gasteiger partial charge in [-0.1, -0.05) is 49.1 Å². The minimum absolute atomic E-state index is 0.0601. The van der Waals surface area contributed by atoms with Crippen molar-refractivity contribution in [1.82, 2.24) is 15.2 Å². The fourth-order valence-corrected chi connectivity index (χ4v) is 5.73. The van der Waals surface area contributed by atoms with Crippen molar-refractivity contribution in [2.75, 3.05) is 38.1 Å². The molecule has 4 rings (SSSR count). The van der Waals surface area contributed by atoms with Gasteiger partial charge in [-0.25, -0.2) is 4.98 Å². The Morgan fingerprint density at radius 2 is 1.97 bits per heavy atom. The van der Waals surface area contributed by atoms with Crippen LogP contribution in [-0.2, 0) is 0 Å². The number of likely N-dealkylation sites (tertiary alicyclic amines) is 1. The summed E-state index contributed by atoms with van der Waals surface area (Å²) in [4.78, 5) is 22.0. The van der Waals surface area contributed by atoms with Crippen LogP contribution in [-0.4, -0.2) is 49.0 Å². The number of carbonyl (C=O) groups excluding carboxylic acids is 1. The van der Waals surface area contributed by atoms with Crippen molar-refractivity contribution in [2.45, 2.75) is 57.8 Å². The number of aromatic nitrogens is 1. The third-order valence-corrected chi connectivity index (χ3v) is 7.79. The molecular formula is C27H38N4OS. The first-order valence-corrected chi connectivity index (χ1v) is 13.5. The zero-order valence-electron chi connectivity index (χ0n) is 20.0. The average Bonchev–Trinajstić information content (AvgIpc) is 3.38. The zero-order valence-corrected chi connectivity index (χ0v) is 20.8. The van der Waals surface area contributed by atoms with Crippen LogP contribution < -0.4 is 10.2 Å². The van der Waals surface area contributed by atoms with Crippen LogP contribution in [0.1, 0.15) is 68.3 Å². The molecule has 2 heterocycles. The Hall–Kier alpha value is -2.18. The number of anilines is 2. The van der Waals surface area contributed by atoms with E-state index in [9.17, 15) is 4.79 Å². The smallest absolute Gasteiger partial charge is 0.270 e. The molecule has 33 heavy (non-hydrogen) atoms. The first-order valence-electron chi connectivity index (χ1n) is 12.6. The molecule has 0 saturated carbocycles. The van der Waals surface area contributed by atoms with Gasteiger partial charge < -0.3 is 10.2 Å². The number of rotatable bonds is 7. The van der Waals surface area contributed by atoms with Crippen LogP contribution in [0, 0.1) is 5.92 Å². The second-order valence-corrected chi connectivity index (χ2v) is 10.4. The molecule has 6 heteroatoms. The molecule has 178 valence electrons. The number of thiazole rings is 1. The highest BCUT2D eigenvalue weighted by Crippen LogP contribution is 2.27. The van der Waals surface area contributed by atoms with Crippen LogP contribution in [0.2, 0.25) is 0 Å². The van der Waals surface area contributed by atoms with E-state index in [4.69, 9.17) is 0 Å². The molecule has 1 aliphatic carbocycles. The zero-order chi connectivity index (χ0) is 22.9. The van der Waals surface area contributed by atoms with E-state index in [1.165, 1.54) is 75.7 Å². The molecule has 0 bridgehead atoms. The van der Waals surface area contributed by atoms with Crippen LogP contribution in [0.3, 0.4) is 0 Å². The summed E-state index contributed by atoms with van der Waals surface area (Å²) < 4.78 is 0. The standard InChI is InChI=1S/C27H38N4OS/c1-30(24-15-9-6-10-16-24)27-29-25(21-33-27)26(32)28-18-23-14-11-17-31(20-23)19-22-12-7-4-2-3-5-8-13-22/h6,9-10,12,15-16,21,23H,2-5,7-8,11,13-14,17-20H2,1H3,(H,28,32)/b22-12+/t23-/m0/s1. The number of hydrogen-bond donors (Lipinski definition) is 1. The Kier molecular flexibility index (Phi) is 8.95. The Morgan fingerprint density at radius 3 is 2.85 bits per heavy atom. The van der Waals surface area contributed by atoms with Crippen molar-refractivity contribution in [2.24, 2.45) is 5.92 Å². The first kappa shape index (κ1) is 24.0. The Labute approximate surface area is 202 Å². The minimum Gasteiger partial charge on any atom is -0.350 e. The summed E-state index contributed by atoms with van der Waals surface area (Å²) in [5.41, 5.74) is 3.22. The van der Waals surface area contributed by atoms with Gasteiger partial charge in [0.25, 0.3) is 5.91 Å². The van der Waals surface area contributed by atoms with Gasteiger partial charge in [0.1, 0.15) is 5.69 Å². The summed E-state index contributed by atoms with van der Waals surface area (Å²) in [6.07, 6.45) is 14.3. The molecule has 1 fully saturated rings. The lowest BCUT2D eigenvalue weighted by Gasteiger charge is -2.33. The van der Waals surface area contributed by atoms with E-state index >= 15 is 0 Å². The Balaban J connectivity index is 1.26. The maximum atomic E-state index is 12.8. The largest absolute Gasteiger partial charge is 0.350 e. The Morgan fingerprint density at radius 1 is 1.15 bits per heavy atom. The van der Waals surface area contributed by atoms with Crippen LogP contribution in [0.4, 0.5) is 10.8 Å². The van der Waals surface area contributed by atoms with E-state index in [1.54, 1.807) is 5.57 Å². The lowest BCUT2D eigenvalue weighted by atomic mass is 9.96. The number of amides is 1. The molecule has 1 aromatic carbocycles. The molecule has 0 spiro atoms. The second-order valence-electron chi connectivity index (χ2n) is 9.53. The van der Waals surface area contributed by atoms with Gasteiger partial charge in [0.2, 0.25) is 0 Å². The summed E-state index contributed by atoms with van der Waals surface area (Å²) in [7, 11) is 1.99. The van der Waals surface area contributed by atoms with E-state index in [2.05, 4.69) is 21.3 Å². The van der Waals surface area contributed by atoms with Crippen molar-refractivity contribution in [3.05, 3.63) is 53.1 Å². The summed E-state index contributed by atoms with van der Waals surface area (Å²) >= 11 is 1.51. The van der Waals surface area contributed by atoms with Crippen LogP contribution in [0.5, 0.6) is 0 Å². The van der Waals surface area contributed by atoms with E-state index in [-0.39, 0.29) is 5.91 Å². The van der Waals surface area contributed by atoms with E-state index in [1.807, 2.05) is 47.7 Å². The highest BCUT2D eigenvalue weighted by Gasteiger charge is 2.22. The molecule has 2 aliphatic rings. The third kappa shape index (κ3) is 7.15. The minimum atomic E-state index is -0.0601. The van der Waals surface area contributed by atoms with Gasteiger partial charge in [0, 0.05) is 37.7 Å². The van der Waals surface area contributed by atoms with Gasteiger partial charge in [0.05, 0.1) is 0 Å². The topological polar surface area (TPSA) is 48.5 Å². The van der Waals surface area contributed by atoms with Gasteiger partial charge in [-0.05, 0) is 63.1 Å². The van der Waals surface area contributed by atoms with Gasteiger partial charge in [-0.3, -0.25) is 9.69 Å². The lowest BCUT2D eigenvalue weighted by molar-refractivity contribution is 0.0930. The second kappa shape index (κ2) is 12.3. The number of nitrogens with one attached hydrogen (secondary N) is 1. The van der Waals surface area contributed by atoms with Crippen molar-refractivity contribution < 1.29 is 4.79 Å². The average molecular weight is 467 g/mol. The fourth-order valence-electron chi connectivity index (χ4n) is 4.94. The van der Waals surface area contributed by atoms with E-state index in [0.717, 1.165) is 30.5 Å². The highest BCUT2D eigenvalue weighted by atomic mass is 32.1. The van der Waals surface area contributed by atoms with Crippen LogP contribution in [0.15, 0.2) is 47.4 Å². The Bertz CT molecular complexity index is 910. The number of piperidine rings is 1. The lowest BCUT2D eigenvalue weighted by Crippen LogP contribution is -2.41. The summed E-state index contributed by atoms with van der Waals surface area (Å²) in [6.45, 7) is 4.11. The van der Waals surface area contributed by atoms with E-state index < -0.39 is 0 Å². The number of para-hydroxylation sites is 1. The monoisotopic (exact) mass is 466 g/mol. The van der Waals surface area contributed by atoms with Crippen molar-refractivity contribution in [3.8, 4) is 0 Å². The summed E-state index contributed by atoms with van der Waals surface area (Å²) in [5, 5.41) is 5.85. The molecule has 1 saturated heterocycles. The number of nitrogens with zero attached hydrogens (tertiary/aromatic N) is 3. The van der Waals surface area contributed by atoms with Crippen LogP contribution >= 0.6 is 11.3 Å². The van der Waals surface area contributed by atoms with Crippen molar-refractivity contribution in [1.29, 1.82) is 0 Å². The van der Waals surface area contributed by atoms with Gasteiger partial charge >= 0.3 is 0 Å². The molecule has 0 radical (unpaired) electrons. The maximum Gasteiger partial charge on any atom is 0.270 e. The van der Waals surface area contributed by atoms with Crippen molar-refractivity contribution >= 4 is 28.1 Å². The van der Waals surface area contributed by atoms with E-state index in [0.29, 0.717) is 11.6 Å². The maximum absolute atomic E-state index is 12.8. The molecule has 0 unspecified atom stereocenters. The third-order valence-electron chi connectivity index (χ3n) is 6.87. The predicted octanol–water partition coefficient (Wildman–Crippen LogP) is 6.02. The molecule has 1 aromatic heterocycles.